The maximum Gasteiger partial charge on any atom is 0.119 e. The second kappa shape index (κ2) is 7.58. The van der Waals surface area contributed by atoms with Crippen molar-refractivity contribution in [1.29, 1.82) is 0 Å². The van der Waals surface area contributed by atoms with Gasteiger partial charge in [0.05, 0.1) is 7.11 Å². The van der Waals surface area contributed by atoms with Gasteiger partial charge in [0.15, 0.2) is 0 Å². The van der Waals surface area contributed by atoms with E-state index in [-0.39, 0.29) is 0 Å². The van der Waals surface area contributed by atoms with E-state index in [2.05, 4.69) is 65.2 Å². The fourth-order valence-electron chi connectivity index (χ4n) is 3.11. The minimum atomic E-state index is 0.915. The fourth-order valence-corrected chi connectivity index (χ4v) is 3.11. The quantitative estimate of drug-likeness (QED) is 0.841. The van der Waals surface area contributed by atoms with Crippen LogP contribution < -0.4 is 14.5 Å². The van der Waals surface area contributed by atoms with Crippen molar-refractivity contribution in [1.82, 2.24) is 4.90 Å². The number of hydrogen-bond acceptors (Lipinski definition) is 4. The van der Waals surface area contributed by atoms with Gasteiger partial charge >= 0.3 is 0 Å². The number of ether oxygens (including phenoxy) is 1. The van der Waals surface area contributed by atoms with Crippen LogP contribution in [0.15, 0.2) is 48.5 Å². The number of hydrogen-bond donors (Lipinski definition) is 0. The molecule has 0 atom stereocenters. The second-order valence-corrected chi connectivity index (χ2v) is 6.52. The van der Waals surface area contributed by atoms with Gasteiger partial charge in [0.2, 0.25) is 0 Å². The molecule has 4 heteroatoms. The number of piperazine rings is 1. The van der Waals surface area contributed by atoms with Gasteiger partial charge in [-0.05, 0) is 42.0 Å². The average Bonchev–Trinajstić information content (AvgIpc) is 2.63. The molecule has 0 bridgehead atoms. The van der Waals surface area contributed by atoms with Crippen LogP contribution in [0.25, 0.3) is 0 Å². The molecule has 24 heavy (non-hydrogen) atoms. The van der Waals surface area contributed by atoms with Crippen molar-refractivity contribution in [2.24, 2.45) is 0 Å². The second-order valence-electron chi connectivity index (χ2n) is 6.52. The normalized spacial score (nSPS) is 15.4. The molecule has 2 aromatic carbocycles. The molecule has 128 valence electrons. The van der Waals surface area contributed by atoms with E-state index in [1.54, 1.807) is 7.11 Å². The number of benzene rings is 2. The molecule has 1 heterocycles. The maximum absolute atomic E-state index is 5.23. The summed E-state index contributed by atoms with van der Waals surface area (Å²) in [4.78, 5) is 7.12. The van der Waals surface area contributed by atoms with E-state index < -0.39 is 0 Å². The molecule has 1 saturated heterocycles. The Morgan fingerprint density at radius 1 is 0.875 bits per heavy atom. The third kappa shape index (κ3) is 4.01. The Labute approximate surface area is 145 Å². The van der Waals surface area contributed by atoms with E-state index in [4.69, 9.17) is 4.74 Å². The molecule has 1 aliphatic rings. The van der Waals surface area contributed by atoms with E-state index in [9.17, 15) is 0 Å². The predicted molar refractivity (Wildman–Crippen MR) is 101 cm³/mol. The topological polar surface area (TPSA) is 19.0 Å². The number of methoxy groups -OCH3 is 1. The van der Waals surface area contributed by atoms with Gasteiger partial charge in [0.1, 0.15) is 5.75 Å². The van der Waals surface area contributed by atoms with Crippen molar-refractivity contribution in [3.8, 4) is 5.75 Å². The lowest BCUT2D eigenvalue weighted by Gasteiger charge is -2.36. The van der Waals surface area contributed by atoms with Crippen LogP contribution in [-0.2, 0) is 6.54 Å². The highest BCUT2D eigenvalue weighted by atomic mass is 16.5. The summed E-state index contributed by atoms with van der Waals surface area (Å²) >= 11 is 0. The van der Waals surface area contributed by atoms with Crippen molar-refractivity contribution < 1.29 is 4.74 Å². The maximum atomic E-state index is 5.23. The predicted octanol–water partition coefficient (Wildman–Crippen LogP) is 3.08. The number of nitrogens with zero attached hydrogens (tertiary/aromatic N) is 3. The van der Waals surface area contributed by atoms with Crippen LogP contribution in [0.5, 0.6) is 5.75 Å². The lowest BCUT2D eigenvalue weighted by Crippen LogP contribution is -2.45. The van der Waals surface area contributed by atoms with Gasteiger partial charge in [-0.2, -0.15) is 0 Å². The molecule has 2 aromatic rings. The number of anilines is 2. The summed E-state index contributed by atoms with van der Waals surface area (Å²) in [6, 6.07) is 17.2. The molecular weight excluding hydrogens is 298 g/mol. The largest absolute Gasteiger partial charge is 0.497 e. The molecule has 0 N–H and O–H groups in total. The average molecular weight is 325 g/mol. The van der Waals surface area contributed by atoms with E-state index >= 15 is 0 Å². The van der Waals surface area contributed by atoms with Gasteiger partial charge in [0, 0.05) is 58.2 Å². The molecule has 4 nitrogen and oxygen atoms in total. The Bertz CT molecular complexity index is 629. The third-order valence-corrected chi connectivity index (χ3v) is 4.67. The standard InChI is InChI=1S/C20H27N3O/c1-21(2)18-6-4-17(5-7-18)16-22-12-14-23(15-13-22)19-8-10-20(24-3)11-9-19/h4-11H,12-16H2,1-3H3. The Morgan fingerprint density at radius 2 is 1.50 bits per heavy atom. The fraction of sp³-hybridized carbons (Fsp3) is 0.400. The first-order valence-electron chi connectivity index (χ1n) is 8.53. The zero-order valence-electron chi connectivity index (χ0n) is 14.9. The first-order valence-corrected chi connectivity index (χ1v) is 8.53. The summed E-state index contributed by atoms with van der Waals surface area (Å²) in [5, 5.41) is 0. The SMILES string of the molecule is COc1ccc(N2CCN(Cc3ccc(N(C)C)cc3)CC2)cc1. The van der Waals surface area contributed by atoms with Gasteiger partial charge in [-0.15, -0.1) is 0 Å². The third-order valence-electron chi connectivity index (χ3n) is 4.67. The summed E-state index contributed by atoms with van der Waals surface area (Å²) in [6.07, 6.45) is 0. The zero-order chi connectivity index (χ0) is 16.9. The molecule has 0 amide bonds. The first-order chi connectivity index (χ1) is 11.7. The van der Waals surface area contributed by atoms with Crippen LogP contribution in [-0.4, -0.2) is 52.3 Å². The van der Waals surface area contributed by atoms with Gasteiger partial charge in [0.25, 0.3) is 0 Å². The minimum absolute atomic E-state index is 0.915. The zero-order valence-corrected chi connectivity index (χ0v) is 14.9. The Morgan fingerprint density at radius 3 is 2.04 bits per heavy atom. The van der Waals surface area contributed by atoms with Crippen LogP contribution in [0.4, 0.5) is 11.4 Å². The van der Waals surface area contributed by atoms with E-state index in [1.807, 2.05) is 12.1 Å². The lowest BCUT2D eigenvalue weighted by atomic mass is 10.1. The van der Waals surface area contributed by atoms with Crippen LogP contribution in [0.3, 0.4) is 0 Å². The molecule has 0 aliphatic carbocycles. The number of rotatable bonds is 5. The summed E-state index contributed by atoms with van der Waals surface area (Å²) in [5.41, 5.74) is 3.92. The monoisotopic (exact) mass is 325 g/mol. The molecule has 0 aromatic heterocycles. The summed E-state index contributed by atoms with van der Waals surface area (Å²) < 4.78 is 5.23. The Kier molecular flexibility index (Phi) is 5.26. The molecule has 0 unspecified atom stereocenters. The van der Waals surface area contributed by atoms with Gasteiger partial charge in [-0.25, -0.2) is 0 Å². The van der Waals surface area contributed by atoms with Crippen LogP contribution in [0.1, 0.15) is 5.56 Å². The van der Waals surface area contributed by atoms with E-state index in [0.717, 1.165) is 38.5 Å². The van der Waals surface area contributed by atoms with E-state index in [1.165, 1.54) is 16.9 Å². The van der Waals surface area contributed by atoms with E-state index in [0.29, 0.717) is 0 Å². The van der Waals surface area contributed by atoms with Gasteiger partial charge < -0.3 is 14.5 Å². The van der Waals surface area contributed by atoms with Gasteiger partial charge in [-0.3, -0.25) is 4.90 Å². The molecule has 0 radical (unpaired) electrons. The van der Waals surface area contributed by atoms with Crippen LogP contribution in [0, 0.1) is 0 Å². The van der Waals surface area contributed by atoms with Gasteiger partial charge in [-0.1, -0.05) is 12.1 Å². The smallest absolute Gasteiger partial charge is 0.119 e. The van der Waals surface area contributed by atoms with Crippen molar-refractivity contribution in [2.75, 3.05) is 57.2 Å². The molecule has 1 aliphatic heterocycles. The summed E-state index contributed by atoms with van der Waals surface area (Å²) in [7, 11) is 5.86. The molecule has 3 rings (SSSR count). The minimum Gasteiger partial charge on any atom is -0.497 e. The Hall–Kier alpha value is -2.20. The van der Waals surface area contributed by atoms with Crippen molar-refractivity contribution >= 4 is 11.4 Å². The summed E-state index contributed by atoms with van der Waals surface area (Å²) in [6.45, 7) is 5.37. The molecule has 1 fully saturated rings. The highest BCUT2D eigenvalue weighted by Crippen LogP contribution is 2.21. The highest BCUT2D eigenvalue weighted by molar-refractivity contribution is 5.49. The summed E-state index contributed by atoms with van der Waals surface area (Å²) in [5.74, 6) is 0.915. The van der Waals surface area contributed by atoms with Crippen molar-refractivity contribution in [3.63, 3.8) is 0 Å². The van der Waals surface area contributed by atoms with Crippen molar-refractivity contribution in [2.45, 2.75) is 6.54 Å². The lowest BCUT2D eigenvalue weighted by molar-refractivity contribution is 0.250. The first kappa shape index (κ1) is 16.7. The highest BCUT2D eigenvalue weighted by Gasteiger charge is 2.17. The van der Waals surface area contributed by atoms with Crippen LogP contribution >= 0.6 is 0 Å². The molecular formula is C20H27N3O. The van der Waals surface area contributed by atoms with Crippen LogP contribution in [0.2, 0.25) is 0 Å². The Balaban J connectivity index is 1.52. The molecule has 0 saturated carbocycles. The molecule has 0 spiro atoms. The van der Waals surface area contributed by atoms with Crippen molar-refractivity contribution in [3.05, 3.63) is 54.1 Å².